The van der Waals surface area contributed by atoms with Crippen molar-refractivity contribution in [3.63, 3.8) is 0 Å². The number of hydrogen-bond donors (Lipinski definition) is 0. The number of carbonyl (C=O) groups excluding carboxylic acids is 2. The Bertz CT molecular complexity index is 317. The second-order valence-electron chi connectivity index (χ2n) is 4.36. The molecule has 2 unspecified atom stereocenters. The van der Waals surface area contributed by atoms with Crippen molar-refractivity contribution in [2.24, 2.45) is 11.8 Å². The van der Waals surface area contributed by atoms with E-state index in [2.05, 4.69) is 17.7 Å². The topological polar surface area (TPSA) is 43.4 Å². The highest BCUT2D eigenvalue weighted by Crippen LogP contribution is 2.37. The number of ether oxygens (including phenoxy) is 1. The Hall–Kier alpha value is -1.12. The highest BCUT2D eigenvalue weighted by Gasteiger charge is 2.45. The third-order valence-electron chi connectivity index (χ3n) is 3.29. The molecule has 15 heavy (non-hydrogen) atoms. The van der Waals surface area contributed by atoms with Gasteiger partial charge in [0.15, 0.2) is 0 Å². The van der Waals surface area contributed by atoms with Crippen molar-refractivity contribution >= 4 is 11.9 Å². The molecule has 2 rings (SSSR count). The number of rotatable bonds is 3. The van der Waals surface area contributed by atoms with Crippen LogP contribution in [0.4, 0.5) is 0 Å². The number of unbranched alkanes of at least 4 members (excludes halogenated alkanes) is 1. The van der Waals surface area contributed by atoms with Gasteiger partial charge in [-0.05, 0) is 25.7 Å². The molecule has 2 atom stereocenters. The van der Waals surface area contributed by atoms with Crippen molar-refractivity contribution in [3.8, 4) is 0 Å². The van der Waals surface area contributed by atoms with Crippen molar-refractivity contribution < 1.29 is 14.3 Å². The van der Waals surface area contributed by atoms with Crippen molar-refractivity contribution in [1.82, 2.24) is 0 Å². The second-order valence-corrected chi connectivity index (χ2v) is 4.36. The summed E-state index contributed by atoms with van der Waals surface area (Å²) in [5.41, 5.74) is 1.32. The van der Waals surface area contributed by atoms with Gasteiger partial charge in [-0.3, -0.25) is 9.59 Å². The third-order valence-corrected chi connectivity index (χ3v) is 3.29. The standard InChI is InChI=1S/C12H16O3/c1-2-3-4-8-5-6-9-10(7-8)12(14)15-11(9)13/h5,9-10H,2-4,6-7H2,1H3. The van der Waals surface area contributed by atoms with Gasteiger partial charge in [-0.2, -0.15) is 0 Å². The van der Waals surface area contributed by atoms with Crippen LogP contribution in [0.15, 0.2) is 11.6 Å². The van der Waals surface area contributed by atoms with E-state index in [0.29, 0.717) is 6.42 Å². The van der Waals surface area contributed by atoms with Gasteiger partial charge in [0.05, 0.1) is 11.8 Å². The molecule has 3 nitrogen and oxygen atoms in total. The van der Waals surface area contributed by atoms with E-state index in [1.165, 1.54) is 5.57 Å². The molecule has 0 amide bonds. The van der Waals surface area contributed by atoms with E-state index in [0.717, 1.165) is 25.7 Å². The monoisotopic (exact) mass is 208 g/mol. The van der Waals surface area contributed by atoms with Gasteiger partial charge in [0, 0.05) is 0 Å². The first-order valence-electron chi connectivity index (χ1n) is 5.65. The summed E-state index contributed by atoms with van der Waals surface area (Å²) in [6, 6.07) is 0. The minimum atomic E-state index is -0.323. The molecule has 1 saturated heterocycles. The van der Waals surface area contributed by atoms with Crippen LogP contribution in [-0.4, -0.2) is 11.9 Å². The summed E-state index contributed by atoms with van der Waals surface area (Å²) in [6.07, 6.45) is 6.92. The fraction of sp³-hybridized carbons (Fsp3) is 0.667. The molecule has 0 bridgehead atoms. The number of carbonyl (C=O) groups is 2. The quantitative estimate of drug-likeness (QED) is 0.406. The van der Waals surface area contributed by atoms with Gasteiger partial charge in [-0.1, -0.05) is 25.0 Å². The summed E-state index contributed by atoms with van der Waals surface area (Å²) in [6.45, 7) is 2.15. The zero-order valence-corrected chi connectivity index (χ0v) is 8.99. The Morgan fingerprint density at radius 1 is 1.33 bits per heavy atom. The Balaban J connectivity index is 2.02. The average Bonchev–Trinajstić information content (AvgIpc) is 2.52. The van der Waals surface area contributed by atoms with Gasteiger partial charge in [-0.15, -0.1) is 0 Å². The lowest BCUT2D eigenvalue weighted by molar-refractivity contribution is -0.153. The van der Waals surface area contributed by atoms with E-state index >= 15 is 0 Å². The zero-order valence-electron chi connectivity index (χ0n) is 8.99. The molecule has 0 aromatic rings. The number of fused-ring (bicyclic) bond motifs is 1. The van der Waals surface area contributed by atoms with E-state index in [1.807, 2.05) is 0 Å². The molecule has 0 N–H and O–H groups in total. The van der Waals surface area contributed by atoms with Crippen molar-refractivity contribution in [2.75, 3.05) is 0 Å². The summed E-state index contributed by atoms with van der Waals surface area (Å²) in [5.74, 6) is -1.01. The molecular formula is C12H16O3. The lowest BCUT2D eigenvalue weighted by Gasteiger charge is -2.20. The molecule has 0 spiro atoms. The molecule has 1 heterocycles. The lowest BCUT2D eigenvalue weighted by Crippen LogP contribution is -2.21. The van der Waals surface area contributed by atoms with Crippen LogP contribution in [0.1, 0.15) is 39.0 Å². The molecule has 1 fully saturated rings. The Kier molecular flexibility index (Phi) is 2.89. The molecule has 3 heteroatoms. The summed E-state index contributed by atoms with van der Waals surface area (Å²) in [5, 5.41) is 0. The zero-order chi connectivity index (χ0) is 10.8. The van der Waals surface area contributed by atoms with Crippen LogP contribution in [0.2, 0.25) is 0 Å². The van der Waals surface area contributed by atoms with Gasteiger partial charge in [0.2, 0.25) is 0 Å². The highest BCUT2D eigenvalue weighted by atomic mass is 16.6. The first kappa shape index (κ1) is 10.4. The molecule has 0 radical (unpaired) electrons. The first-order valence-corrected chi connectivity index (χ1v) is 5.65. The van der Waals surface area contributed by atoms with Gasteiger partial charge < -0.3 is 4.74 Å². The van der Waals surface area contributed by atoms with Crippen LogP contribution in [-0.2, 0) is 14.3 Å². The van der Waals surface area contributed by atoms with Crippen LogP contribution in [0.5, 0.6) is 0 Å². The predicted molar refractivity (Wildman–Crippen MR) is 54.9 cm³/mol. The summed E-state index contributed by atoms with van der Waals surface area (Å²) in [4.78, 5) is 22.6. The van der Waals surface area contributed by atoms with Gasteiger partial charge >= 0.3 is 11.9 Å². The molecule has 0 aromatic heterocycles. The van der Waals surface area contributed by atoms with Gasteiger partial charge in [0.25, 0.3) is 0 Å². The van der Waals surface area contributed by atoms with Crippen molar-refractivity contribution in [3.05, 3.63) is 11.6 Å². The van der Waals surface area contributed by atoms with E-state index in [-0.39, 0.29) is 23.8 Å². The smallest absolute Gasteiger partial charge is 0.317 e. The number of hydrogen-bond acceptors (Lipinski definition) is 3. The van der Waals surface area contributed by atoms with E-state index in [4.69, 9.17) is 0 Å². The maximum Gasteiger partial charge on any atom is 0.317 e. The molecule has 0 saturated carbocycles. The Morgan fingerprint density at radius 2 is 2.07 bits per heavy atom. The first-order chi connectivity index (χ1) is 7.22. The lowest BCUT2D eigenvalue weighted by atomic mass is 9.80. The van der Waals surface area contributed by atoms with E-state index in [9.17, 15) is 9.59 Å². The Labute approximate surface area is 89.5 Å². The molecule has 1 aliphatic heterocycles. The predicted octanol–water partition coefficient (Wildman–Crippen LogP) is 2.21. The third kappa shape index (κ3) is 1.96. The highest BCUT2D eigenvalue weighted by molar-refractivity contribution is 5.96. The Morgan fingerprint density at radius 3 is 2.80 bits per heavy atom. The minimum Gasteiger partial charge on any atom is -0.393 e. The van der Waals surface area contributed by atoms with Gasteiger partial charge in [-0.25, -0.2) is 0 Å². The molecule has 1 aliphatic carbocycles. The number of cyclic esters (lactones) is 2. The molecule has 2 aliphatic rings. The van der Waals surface area contributed by atoms with Crippen LogP contribution in [0.3, 0.4) is 0 Å². The molecule has 0 aromatic carbocycles. The van der Waals surface area contributed by atoms with Crippen molar-refractivity contribution in [2.45, 2.75) is 39.0 Å². The second kappa shape index (κ2) is 4.17. The largest absolute Gasteiger partial charge is 0.393 e. The van der Waals surface area contributed by atoms with Crippen LogP contribution in [0.25, 0.3) is 0 Å². The van der Waals surface area contributed by atoms with Gasteiger partial charge in [0.1, 0.15) is 0 Å². The number of allylic oxidation sites excluding steroid dienone is 2. The summed E-state index contributed by atoms with van der Waals surface area (Å²) in [7, 11) is 0. The van der Waals surface area contributed by atoms with E-state index < -0.39 is 0 Å². The van der Waals surface area contributed by atoms with Crippen molar-refractivity contribution in [1.29, 1.82) is 0 Å². The number of esters is 2. The SMILES string of the molecule is CCCCC1=CCC2C(=O)OC(=O)C2C1. The maximum absolute atomic E-state index is 11.4. The fourth-order valence-corrected chi connectivity index (χ4v) is 2.33. The normalized spacial score (nSPS) is 29.8. The maximum atomic E-state index is 11.4. The summed E-state index contributed by atoms with van der Waals surface area (Å²) < 4.78 is 4.65. The van der Waals surface area contributed by atoms with E-state index in [1.54, 1.807) is 0 Å². The molecule has 82 valence electrons. The average molecular weight is 208 g/mol. The molecular weight excluding hydrogens is 192 g/mol. The van der Waals surface area contributed by atoms with Crippen LogP contribution < -0.4 is 0 Å². The van der Waals surface area contributed by atoms with Crippen LogP contribution in [0, 0.1) is 11.8 Å². The summed E-state index contributed by atoms with van der Waals surface area (Å²) >= 11 is 0. The minimum absolute atomic E-state index is 0.186. The fourth-order valence-electron chi connectivity index (χ4n) is 2.33. The van der Waals surface area contributed by atoms with Crippen LogP contribution >= 0.6 is 0 Å².